The first-order valence-electron chi connectivity index (χ1n) is 6.55. The minimum Gasteiger partial charge on any atom is -0.507 e. The van der Waals surface area contributed by atoms with E-state index in [0.717, 1.165) is 10.1 Å². The van der Waals surface area contributed by atoms with E-state index in [2.05, 4.69) is 10.5 Å². The van der Waals surface area contributed by atoms with Gasteiger partial charge >= 0.3 is 0 Å². The van der Waals surface area contributed by atoms with Gasteiger partial charge in [-0.2, -0.15) is 5.10 Å². The number of fused-ring (bicyclic) bond motifs is 1. The Morgan fingerprint density at radius 3 is 2.78 bits per heavy atom. The molecule has 0 bridgehead atoms. The summed E-state index contributed by atoms with van der Waals surface area (Å²) in [7, 11) is 0. The van der Waals surface area contributed by atoms with Crippen molar-refractivity contribution in [3.63, 3.8) is 0 Å². The molecule has 116 valence electrons. The van der Waals surface area contributed by atoms with Crippen LogP contribution in [0.4, 0.5) is 0 Å². The number of hydrogen-bond acceptors (Lipinski definition) is 4. The van der Waals surface area contributed by atoms with Gasteiger partial charge in [0.15, 0.2) is 0 Å². The SMILES string of the molecule is O=C(N/N=C\c1cc(Cl)ccc1O)c1sc2ccccc2c1Cl. The number of thiophene rings is 1. The number of aromatic hydroxyl groups is 1. The number of halogens is 2. The lowest BCUT2D eigenvalue weighted by Gasteiger charge is -2.00. The molecule has 7 heteroatoms. The van der Waals surface area contributed by atoms with Gasteiger partial charge in [0.2, 0.25) is 0 Å². The summed E-state index contributed by atoms with van der Waals surface area (Å²) in [4.78, 5) is 12.6. The molecule has 2 N–H and O–H groups in total. The number of rotatable bonds is 3. The molecule has 1 aromatic heterocycles. The number of amides is 1. The minimum atomic E-state index is -0.408. The van der Waals surface area contributed by atoms with Gasteiger partial charge < -0.3 is 5.11 Å². The van der Waals surface area contributed by atoms with Crippen LogP contribution in [0.2, 0.25) is 10.0 Å². The van der Waals surface area contributed by atoms with Crippen LogP contribution in [0.1, 0.15) is 15.2 Å². The van der Waals surface area contributed by atoms with Crippen molar-refractivity contribution < 1.29 is 9.90 Å². The van der Waals surface area contributed by atoms with Gasteiger partial charge in [-0.05, 0) is 24.3 Å². The van der Waals surface area contributed by atoms with Crippen LogP contribution in [-0.4, -0.2) is 17.2 Å². The van der Waals surface area contributed by atoms with E-state index in [1.165, 1.54) is 23.6 Å². The van der Waals surface area contributed by atoms with Crippen LogP contribution >= 0.6 is 34.5 Å². The van der Waals surface area contributed by atoms with E-state index in [0.29, 0.717) is 20.5 Å². The van der Waals surface area contributed by atoms with Crippen molar-refractivity contribution in [2.75, 3.05) is 0 Å². The standard InChI is InChI=1S/C16H10Cl2N2O2S/c17-10-5-6-12(21)9(7-10)8-19-20-16(22)15-14(18)11-3-1-2-4-13(11)23-15/h1-8,21H,(H,20,22)/b19-8-. The number of phenols is 1. The van der Waals surface area contributed by atoms with Crippen LogP contribution in [0.15, 0.2) is 47.6 Å². The summed E-state index contributed by atoms with van der Waals surface area (Å²) in [6, 6.07) is 12.1. The van der Waals surface area contributed by atoms with Gasteiger partial charge in [0.1, 0.15) is 10.6 Å². The molecule has 0 atom stereocenters. The molecule has 3 aromatic rings. The summed E-state index contributed by atoms with van der Waals surface area (Å²) in [5.74, 6) is -0.388. The molecule has 23 heavy (non-hydrogen) atoms. The molecule has 0 fully saturated rings. The van der Waals surface area contributed by atoms with Gasteiger partial charge in [-0.1, -0.05) is 41.4 Å². The highest BCUT2D eigenvalue weighted by atomic mass is 35.5. The maximum atomic E-state index is 12.2. The lowest BCUT2D eigenvalue weighted by Crippen LogP contribution is -2.16. The Morgan fingerprint density at radius 2 is 2.00 bits per heavy atom. The highest BCUT2D eigenvalue weighted by molar-refractivity contribution is 7.21. The molecular formula is C16H10Cl2N2O2S. The quantitative estimate of drug-likeness (QED) is 0.523. The van der Waals surface area contributed by atoms with E-state index in [1.807, 2.05) is 24.3 Å². The molecule has 0 saturated carbocycles. The highest BCUT2D eigenvalue weighted by Crippen LogP contribution is 2.34. The van der Waals surface area contributed by atoms with Gasteiger partial charge in [-0.3, -0.25) is 4.79 Å². The molecule has 4 nitrogen and oxygen atoms in total. The molecule has 0 spiro atoms. The maximum Gasteiger partial charge on any atom is 0.283 e. The van der Waals surface area contributed by atoms with Crippen LogP contribution in [0, 0.1) is 0 Å². The average molecular weight is 365 g/mol. The van der Waals surface area contributed by atoms with Gasteiger partial charge in [0.05, 0.1) is 11.2 Å². The number of hydrazone groups is 1. The van der Waals surface area contributed by atoms with Crippen molar-refractivity contribution in [1.82, 2.24) is 5.43 Å². The fourth-order valence-corrected chi connectivity index (χ4v) is 3.59. The third-order valence-electron chi connectivity index (χ3n) is 3.10. The summed E-state index contributed by atoms with van der Waals surface area (Å²) >= 11 is 13.4. The van der Waals surface area contributed by atoms with E-state index < -0.39 is 5.91 Å². The smallest absolute Gasteiger partial charge is 0.283 e. The summed E-state index contributed by atoms with van der Waals surface area (Å²) in [6.45, 7) is 0. The highest BCUT2D eigenvalue weighted by Gasteiger charge is 2.16. The third-order valence-corrected chi connectivity index (χ3v) is 5.01. The first-order valence-corrected chi connectivity index (χ1v) is 8.12. The summed E-state index contributed by atoms with van der Waals surface area (Å²) in [5.41, 5.74) is 2.80. The van der Waals surface area contributed by atoms with Crippen molar-refractivity contribution in [2.45, 2.75) is 0 Å². The van der Waals surface area contributed by atoms with E-state index >= 15 is 0 Å². The van der Waals surface area contributed by atoms with Crippen LogP contribution < -0.4 is 5.43 Å². The van der Waals surface area contributed by atoms with E-state index in [1.54, 1.807) is 12.1 Å². The summed E-state index contributed by atoms with van der Waals surface area (Å²) < 4.78 is 0.930. The van der Waals surface area contributed by atoms with E-state index in [9.17, 15) is 9.90 Å². The number of hydrogen-bond donors (Lipinski definition) is 2. The van der Waals surface area contributed by atoms with Gasteiger partial charge in [-0.25, -0.2) is 5.43 Å². The van der Waals surface area contributed by atoms with Crippen molar-refractivity contribution in [3.05, 3.63) is 63.0 Å². The summed E-state index contributed by atoms with van der Waals surface area (Å²) in [5, 5.41) is 15.2. The fraction of sp³-hybridized carbons (Fsp3) is 0. The number of carbonyl (C=O) groups is 1. The van der Waals surface area contributed by atoms with Crippen molar-refractivity contribution in [3.8, 4) is 5.75 Å². The van der Waals surface area contributed by atoms with Crippen LogP contribution in [-0.2, 0) is 0 Å². The number of nitrogens with zero attached hydrogens (tertiary/aromatic N) is 1. The normalized spacial score (nSPS) is 11.2. The lowest BCUT2D eigenvalue weighted by molar-refractivity contribution is 0.0959. The zero-order valence-corrected chi connectivity index (χ0v) is 13.9. The zero-order chi connectivity index (χ0) is 16.4. The predicted molar refractivity (Wildman–Crippen MR) is 95.0 cm³/mol. The first kappa shape index (κ1) is 15.8. The van der Waals surface area contributed by atoms with Gasteiger partial charge in [-0.15, -0.1) is 11.3 Å². The third kappa shape index (κ3) is 3.32. The topological polar surface area (TPSA) is 61.7 Å². The second kappa shape index (κ2) is 6.58. The second-order valence-electron chi connectivity index (χ2n) is 4.64. The van der Waals surface area contributed by atoms with Crippen molar-refractivity contribution in [1.29, 1.82) is 0 Å². The molecule has 2 aromatic carbocycles. The Morgan fingerprint density at radius 1 is 1.22 bits per heavy atom. The Labute approximate surface area is 146 Å². The van der Waals surface area contributed by atoms with Crippen LogP contribution in [0.25, 0.3) is 10.1 Å². The van der Waals surface area contributed by atoms with Crippen LogP contribution in [0.3, 0.4) is 0 Å². The molecule has 0 aliphatic rings. The second-order valence-corrected chi connectivity index (χ2v) is 6.51. The van der Waals surface area contributed by atoms with Crippen molar-refractivity contribution in [2.24, 2.45) is 5.10 Å². The van der Waals surface area contributed by atoms with Gasteiger partial charge in [0, 0.05) is 20.7 Å². The monoisotopic (exact) mass is 364 g/mol. The molecule has 3 rings (SSSR count). The molecule has 0 unspecified atom stereocenters. The molecule has 0 aliphatic heterocycles. The Hall–Kier alpha value is -2.08. The number of phenolic OH excluding ortho intramolecular Hbond substituents is 1. The summed E-state index contributed by atoms with van der Waals surface area (Å²) in [6.07, 6.45) is 1.32. The minimum absolute atomic E-state index is 0.0206. The zero-order valence-electron chi connectivity index (χ0n) is 11.6. The molecule has 0 saturated heterocycles. The molecule has 0 aliphatic carbocycles. The Bertz CT molecular complexity index is 922. The number of benzene rings is 2. The number of carbonyl (C=O) groups excluding carboxylic acids is 1. The van der Waals surface area contributed by atoms with E-state index in [4.69, 9.17) is 23.2 Å². The average Bonchev–Trinajstić information content (AvgIpc) is 2.88. The Kier molecular flexibility index (Phi) is 4.52. The lowest BCUT2D eigenvalue weighted by atomic mass is 10.2. The molecule has 1 amide bonds. The molecular weight excluding hydrogens is 355 g/mol. The van der Waals surface area contributed by atoms with Gasteiger partial charge in [0.25, 0.3) is 5.91 Å². The fourth-order valence-electron chi connectivity index (χ4n) is 2.00. The first-order chi connectivity index (χ1) is 11.1. The largest absolute Gasteiger partial charge is 0.507 e. The Balaban J connectivity index is 1.80. The van der Waals surface area contributed by atoms with E-state index in [-0.39, 0.29) is 5.75 Å². The maximum absolute atomic E-state index is 12.2. The van der Waals surface area contributed by atoms with Crippen LogP contribution in [0.5, 0.6) is 5.75 Å². The number of nitrogens with one attached hydrogen (secondary N) is 1. The predicted octanol–water partition coefficient (Wildman–Crippen LogP) is 4.68. The molecule has 1 heterocycles. The molecule has 0 radical (unpaired) electrons. The van der Waals surface area contributed by atoms with Crippen molar-refractivity contribution >= 4 is 56.7 Å².